The van der Waals surface area contributed by atoms with Crippen molar-refractivity contribution in [1.82, 2.24) is 4.72 Å². The van der Waals surface area contributed by atoms with Crippen molar-refractivity contribution in [3.63, 3.8) is 0 Å². The summed E-state index contributed by atoms with van der Waals surface area (Å²) in [5.74, 6) is -2.27. The van der Waals surface area contributed by atoms with Crippen LogP contribution in [0.4, 0.5) is 0 Å². The Morgan fingerprint density at radius 3 is 2.60 bits per heavy atom. The molecule has 0 aromatic rings. The summed E-state index contributed by atoms with van der Waals surface area (Å²) in [5, 5.41) is 8.27. The number of rotatable bonds is 9. The van der Waals surface area contributed by atoms with Crippen LogP contribution in [0.15, 0.2) is 0 Å². The maximum Gasteiger partial charge on any atom is 0.320 e. The lowest BCUT2D eigenvalue weighted by atomic mass is 10.4. The molecule has 0 fully saturated rings. The van der Waals surface area contributed by atoms with Crippen molar-refractivity contribution >= 4 is 16.0 Å². The van der Waals surface area contributed by atoms with Gasteiger partial charge in [-0.15, -0.1) is 0 Å². The molecule has 0 unspecified atom stereocenters. The highest BCUT2D eigenvalue weighted by Crippen LogP contribution is 1.88. The monoisotopic (exact) mass is 239 g/mol. The largest absolute Gasteiger partial charge is 0.480 e. The molecule has 0 saturated heterocycles. The van der Waals surface area contributed by atoms with E-state index in [1.54, 1.807) is 0 Å². The van der Waals surface area contributed by atoms with E-state index in [1.807, 2.05) is 6.92 Å². The van der Waals surface area contributed by atoms with Gasteiger partial charge in [-0.05, 0) is 6.42 Å². The van der Waals surface area contributed by atoms with Gasteiger partial charge in [0.05, 0.1) is 6.61 Å². The van der Waals surface area contributed by atoms with Crippen molar-refractivity contribution in [3.8, 4) is 0 Å². The Balaban J connectivity index is 3.54. The molecular formula is C8H17NO5S. The molecule has 0 aromatic carbocycles. The average molecular weight is 239 g/mol. The lowest BCUT2D eigenvalue weighted by Gasteiger charge is -2.05. The number of carbonyl (C=O) groups is 1. The van der Waals surface area contributed by atoms with Crippen LogP contribution in [0.2, 0.25) is 0 Å². The second-order valence-corrected chi connectivity index (χ2v) is 4.82. The Morgan fingerprint density at radius 2 is 2.07 bits per heavy atom. The van der Waals surface area contributed by atoms with Crippen LogP contribution in [-0.4, -0.2) is 45.0 Å². The van der Waals surface area contributed by atoms with Crippen LogP contribution in [0, 0.1) is 0 Å². The number of unbranched alkanes of at least 4 members (excludes halogenated alkanes) is 1. The molecule has 0 amide bonds. The second kappa shape index (κ2) is 7.61. The highest BCUT2D eigenvalue weighted by atomic mass is 32.2. The van der Waals surface area contributed by atoms with E-state index in [4.69, 9.17) is 9.84 Å². The first-order chi connectivity index (χ1) is 6.98. The Morgan fingerprint density at radius 1 is 1.40 bits per heavy atom. The molecule has 0 aromatic heterocycles. The van der Waals surface area contributed by atoms with Gasteiger partial charge >= 0.3 is 5.97 Å². The molecule has 90 valence electrons. The molecule has 0 radical (unpaired) electrons. The maximum absolute atomic E-state index is 11.0. The van der Waals surface area contributed by atoms with E-state index < -0.39 is 21.7 Å². The summed E-state index contributed by atoms with van der Waals surface area (Å²) in [6.07, 6.45) is 1.95. The van der Waals surface area contributed by atoms with Gasteiger partial charge in [0.1, 0.15) is 0 Å². The Hall–Kier alpha value is -0.660. The zero-order chi connectivity index (χ0) is 11.7. The zero-order valence-electron chi connectivity index (χ0n) is 8.73. The quantitative estimate of drug-likeness (QED) is 0.544. The van der Waals surface area contributed by atoms with Crippen LogP contribution >= 0.6 is 0 Å². The molecule has 0 heterocycles. The van der Waals surface area contributed by atoms with Crippen molar-refractivity contribution in [2.45, 2.75) is 19.8 Å². The molecule has 15 heavy (non-hydrogen) atoms. The smallest absolute Gasteiger partial charge is 0.320 e. The lowest BCUT2D eigenvalue weighted by molar-refractivity contribution is -0.134. The molecule has 7 heteroatoms. The fourth-order valence-corrected chi connectivity index (χ4v) is 1.65. The molecule has 0 rings (SSSR count). The fraction of sp³-hybridized carbons (Fsp3) is 0.875. The lowest BCUT2D eigenvalue weighted by Crippen LogP contribution is -2.32. The van der Waals surface area contributed by atoms with Crippen molar-refractivity contribution in [2.75, 3.05) is 25.5 Å². The summed E-state index contributed by atoms with van der Waals surface area (Å²) in [6.45, 7) is 2.99. The zero-order valence-corrected chi connectivity index (χ0v) is 9.55. The van der Waals surface area contributed by atoms with Crippen LogP contribution in [0.25, 0.3) is 0 Å². The van der Waals surface area contributed by atoms with Gasteiger partial charge in [-0.25, -0.2) is 13.1 Å². The van der Waals surface area contributed by atoms with Crippen LogP contribution in [0.3, 0.4) is 0 Å². The molecule has 0 spiro atoms. The van der Waals surface area contributed by atoms with Crippen molar-refractivity contribution in [1.29, 1.82) is 0 Å². The van der Waals surface area contributed by atoms with Gasteiger partial charge in [0.25, 0.3) is 0 Å². The molecule has 0 bridgehead atoms. The third-order valence-electron chi connectivity index (χ3n) is 1.52. The van der Waals surface area contributed by atoms with E-state index in [1.165, 1.54) is 0 Å². The van der Waals surface area contributed by atoms with E-state index in [2.05, 4.69) is 4.72 Å². The summed E-state index contributed by atoms with van der Waals surface area (Å²) in [5.41, 5.74) is 0. The fourth-order valence-electron chi connectivity index (χ4n) is 0.831. The summed E-state index contributed by atoms with van der Waals surface area (Å²) in [7, 11) is -3.70. The molecule has 0 aliphatic heterocycles. The minimum absolute atomic E-state index is 0.110. The topological polar surface area (TPSA) is 92.7 Å². The first-order valence-electron chi connectivity index (χ1n) is 4.75. The third kappa shape index (κ3) is 9.64. The van der Waals surface area contributed by atoms with E-state index >= 15 is 0 Å². The van der Waals surface area contributed by atoms with E-state index in [-0.39, 0.29) is 13.2 Å². The average Bonchev–Trinajstić information content (AvgIpc) is 2.08. The molecular weight excluding hydrogens is 222 g/mol. The number of hydrogen-bond donors (Lipinski definition) is 2. The van der Waals surface area contributed by atoms with Crippen LogP contribution in [0.1, 0.15) is 19.8 Å². The van der Waals surface area contributed by atoms with Crippen molar-refractivity contribution in [2.24, 2.45) is 0 Å². The van der Waals surface area contributed by atoms with Crippen molar-refractivity contribution < 1.29 is 23.1 Å². The standard InChI is InChI=1S/C8H17NO5S/c1-2-3-5-14-6-4-9-15(12,13)7-8(10)11/h9H,2-7H2,1H3,(H,10,11). The minimum atomic E-state index is -3.70. The Kier molecular flexibility index (Phi) is 7.27. The SMILES string of the molecule is CCCCOCCNS(=O)(=O)CC(=O)O. The Bertz CT molecular complexity index is 275. The number of hydrogen-bond acceptors (Lipinski definition) is 4. The van der Waals surface area contributed by atoms with Crippen molar-refractivity contribution in [3.05, 3.63) is 0 Å². The van der Waals surface area contributed by atoms with E-state index in [9.17, 15) is 13.2 Å². The number of sulfonamides is 1. The van der Waals surface area contributed by atoms with Gasteiger partial charge in [-0.3, -0.25) is 4.79 Å². The van der Waals surface area contributed by atoms with E-state index in [0.29, 0.717) is 6.61 Å². The minimum Gasteiger partial charge on any atom is -0.480 e. The second-order valence-electron chi connectivity index (χ2n) is 3.01. The van der Waals surface area contributed by atoms with Crippen LogP contribution in [0.5, 0.6) is 0 Å². The molecule has 0 atom stereocenters. The first kappa shape index (κ1) is 14.3. The van der Waals surface area contributed by atoms with Gasteiger partial charge in [0.15, 0.2) is 5.75 Å². The molecule has 2 N–H and O–H groups in total. The molecule has 0 aliphatic rings. The van der Waals surface area contributed by atoms with Gasteiger partial charge < -0.3 is 9.84 Å². The third-order valence-corrected chi connectivity index (χ3v) is 2.80. The number of aliphatic carboxylic acids is 1. The summed E-state index contributed by atoms with van der Waals surface area (Å²) in [6, 6.07) is 0. The Labute approximate surface area is 89.7 Å². The van der Waals surface area contributed by atoms with Gasteiger partial charge in [-0.2, -0.15) is 0 Å². The molecule has 6 nitrogen and oxygen atoms in total. The normalized spacial score (nSPS) is 11.5. The number of carboxylic acids is 1. The maximum atomic E-state index is 11.0. The van der Waals surface area contributed by atoms with Crippen LogP contribution < -0.4 is 4.72 Å². The predicted octanol–water partition coefficient (Wildman–Crippen LogP) is -0.193. The number of carboxylic acid groups (broad SMARTS) is 1. The number of nitrogens with one attached hydrogen (secondary N) is 1. The summed E-state index contributed by atoms with van der Waals surface area (Å²) in [4.78, 5) is 10.1. The first-order valence-corrected chi connectivity index (χ1v) is 6.40. The van der Waals surface area contributed by atoms with E-state index in [0.717, 1.165) is 12.8 Å². The highest BCUT2D eigenvalue weighted by Gasteiger charge is 2.14. The van der Waals surface area contributed by atoms with Gasteiger partial charge in [0, 0.05) is 13.2 Å². The molecule has 0 aliphatic carbocycles. The molecule has 0 saturated carbocycles. The number of ether oxygens (including phenoxy) is 1. The summed E-state index contributed by atoms with van der Waals surface area (Å²) < 4.78 is 29.2. The van der Waals surface area contributed by atoms with Crippen LogP contribution in [-0.2, 0) is 19.6 Å². The van der Waals surface area contributed by atoms with Gasteiger partial charge in [-0.1, -0.05) is 13.3 Å². The highest BCUT2D eigenvalue weighted by molar-refractivity contribution is 7.90. The summed E-state index contributed by atoms with van der Waals surface area (Å²) >= 11 is 0. The van der Waals surface area contributed by atoms with Gasteiger partial charge in [0.2, 0.25) is 10.0 Å². The predicted molar refractivity (Wildman–Crippen MR) is 55.2 cm³/mol.